The van der Waals surface area contributed by atoms with Crippen molar-refractivity contribution in [2.45, 2.75) is 17.3 Å². The van der Waals surface area contributed by atoms with Gasteiger partial charge in [-0.15, -0.1) is 0 Å². The molecule has 0 atom stereocenters. The molecule has 1 aromatic heterocycles. The lowest BCUT2D eigenvalue weighted by atomic mass is 10.2. The zero-order chi connectivity index (χ0) is 14.8. The number of aromatic amines is 1. The smallest absolute Gasteiger partial charge is 0.282 e. The number of thioether (sulfide) groups is 1. The van der Waals surface area contributed by atoms with Crippen LogP contribution in [0.3, 0.4) is 0 Å². The third-order valence-electron chi connectivity index (χ3n) is 2.36. The fourth-order valence-electron chi connectivity index (χ4n) is 1.53. The Bertz CT molecular complexity index is 614. The van der Waals surface area contributed by atoms with Gasteiger partial charge in [-0.25, -0.2) is 4.39 Å². The van der Waals surface area contributed by atoms with Gasteiger partial charge in [-0.2, -0.15) is 18.3 Å². The molecule has 0 saturated heterocycles. The van der Waals surface area contributed by atoms with Gasteiger partial charge in [0.15, 0.2) is 5.83 Å². The molecular weight excluding hydrogens is 292 g/mol. The summed E-state index contributed by atoms with van der Waals surface area (Å²) in [5, 5.41) is 6.37. The molecule has 20 heavy (non-hydrogen) atoms. The van der Waals surface area contributed by atoms with Crippen LogP contribution in [0.4, 0.5) is 17.6 Å². The number of rotatable bonds is 3. The van der Waals surface area contributed by atoms with Crippen LogP contribution in [-0.4, -0.2) is 15.7 Å². The summed E-state index contributed by atoms with van der Waals surface area (Å²) >= 11 is -0.204. The zero-order valence-electron chi connectivity index (χ0n) is 10.3. The predicted octanol–water partition coefficient (Wildman–Crippen LogP) is 4.80. The van der Waals surface area contributed by atoms with Crippen LogP contribution < -0.4 is 0 Å². The highest BCUT2D eigenvalue weighted by atomic mass is 32.2. The van der Waals surface area contributed by atoms with Crippen molar-refractivity contribution in [2.75, 3.05) is 0 Å². The summed E-state index contributed by atoms with van der Waals surface area (Å²) in [6.07, 6.45) is 1.22. The van der Waals surface area contributed by atoms with Crippen LogP contribution in [0, 0.1) is 6.92 Å². The molecule has 2 aromatic rings. The Morgan fingerprint density at radius 2 is 1.90 bits per heavy atom. The van der Waals surface area contributed by atoms with E-state index in [-0.39, 0.29) is 22.4 Å². The molecule has 0 saturated carbocycles. The summed E-state index contributed by atoms with van der Waals surface area (Å²) in [4.78, 5) is 0.0608. The van der Waals surface area contributed by atoms with Crippen LogP contribution in [0.15, 0.2) is 35.2 Å². The normalized spacial score (nSPS) is 12.8. The van der Waals surface area contributed by atoms with Gasteiger partial charge in [-0.3, -0.25) is 5.10 Å². The molecule has 106 valence electrons. The lowest BCUT2D eigenvalue weighted by Gasteiger charge is -2.05. The molecule has 1 heterocycles. The molecule has 0 spiro atoms. The molecule has 0 unspecified atom stereocenters. The average molecular weight is 302 g/mol. The quantitative estimate of drug-likeness (QED) is 0.652. The van der Waals surface area contributed by atoms with E-state index in [2.05, 4.69) is 10.2 Å². The minimum atomic E-state index is -4.32. The number of nitrogens with zero attached hydrogens (tertiary/aromatic N) is 1. The van der Waals surface area contributed by atoms with E-state index in [9.17, 15) is 17.6 Å². The number of hydrogen-bond donors (Lipinski definition) is 1. The van der Waals surface area contributed by atoms with Crippen molar-refractivity contribution in [3.63, 3.8) is 0 Å². The Morgan fingerprint density at radius 3 is 2.40 bits per heavy atom. The Morgan fingerprint density at radius 1 is 1.25 bits per heavy atom. The summed E-state index contributed by atoms with van der Waals surface area (Å²) < 4.78 is 50.3. The largest absolute Gasteiger partial charge is 0.446 e. The van der Waals surface area contributed by atoms with Crippen molar-refractivity contribution in [2.24, 2.45) is 0 Å². The molecule has 1 aromatic carbocycles. The highest BCUT2D eigenvalue weighted by Gasteiger charge is 2.28. The summed E-state index contributed by atoms with van der Waals surface area (Å²) in [6, 6.07) is 6.99. The standard InChI is InChI=1S/C13H10F4N2S/c1-8-6-12(19-18-8)11(14)7-9-2-4-10(5-3-9)20-13(15,16)17/h2-7H,1H3,(H,18,19). The monoisotopic (exact) mass is 302 g/mol. The number of aromatic nitrogens is 2. The first-order valence-electron chi connectivity index (χ1n) is 5.59. The first-order valence-corrected chi connectivity index (χ1v) is 6.40. The van der Waals surface area contributed by atoms with Gasteiger partial charge in [-0.05, 0) is 48.5 Å². The molecule has 0 aliphatic rings. The summed E-state index contributed by atoms with van der Waals surface area (Å²) in [6.45, 7) is 1.74. The van der Waals surface area contributed by atoms with Crippen LogP contribution in [-0.2, 0) is 0 Å². The van der Waals surface area contributed by atoms with Gasteiger partial charge in [0.2, 0.25) is 0 Å². The predicted molar refractivity (Wildman–Crippen MR) is 70.7 cm³/mol. The van der Waals surface area contributed by atoms with E-state index in [0.29, 0.717) is 5.56 Å². The van der Waals surface area contributed by atoms with Crippen molar-refractivity contribution in [1.29, 1.82) is 0 Å². The van der Waals surface area contributed by atoms with Crippen LogP contribution in [0.2, 0.25) is 0 Å². The van der Waals surface area contributed by atoms with E-state index >= 15 is 0 Å². The average Bonchev–Trinajstić information content (AvgIpc) is 2.77. The Labute approximate surface area is 116 Å². The Hall–Kier alpha value is -1.76. The maximum Gasteiger partial charge on any atom is 0.446 e. The van der Waals surface area contributed by atoms with Gasteiger partial charge in [0.25, 0.3) is 0 Å². The number of hydrogen-bond acceptors (Lipinski definition) is 2. The van der Waals surface area contributed by atoms with Crippen LogP contribution >= 0.6 is 11.8 Å². The minimum Gasteiger partial charge on any atom is -0.282 e. The molecule has 2 nitrogen and oxygen atoms in total. The molecule has 7 heteroatoms. The lowest BCUT2D eigenvalue weighted by molar-refractivity contribution is -0.0328. The second-order valence-corrected chi connectivity index (χ2v) is 5.18. The van der Waals surface area contributed by atoms with E-state index in [1.165, 1.54) is 30.3 Å². The third-order valence-corrected chi connectivity index (χ3v) is 3.10. The van der Waals surface area contributed by atoms with Crippen molar-refractivity contribution < 1.29 is 17.6 Å². The topological polar surface area (TPSA) is 28.7 Å². The molecule has 0 bridgehead atoms. The number of nitrogens with one attached hydrogen (secondary N) is 1. The summed E-state index contributed by atoms with van der Waals surface area (Å²) in [5.41, 5.74) is -2.97. The highest BCUT2D eigenvalue weighted by molar-refractivity contribution is 8.00. The molecule has 0 aliphatic carbocycles. The fourth-order valence-corrected chi connectivity index (χ4v) is 2.07. The Kier molecular flexibility index (Phi) is 4.17. The summed E-state index contributed by atoms with van der Waals surface area (Å²) in [7, 11) is 0. The number of alkyl halides is 3. The van der Waals surface area contributed by atoms with E-state index in [1.807, 2.05) is 0 Å². The van der Waals surface area contributed by atoms with Crippen LogP contribution in [0.25, 0.3) is 11.9 Å². The van der Waals surface area contributed by atoms with E-state index in [4.69, 9.17) is 0 Å². The van der Waals surface area contributed by atoms with Crippen LogP contribution in [0.1, 0.15) is 17.0 Å². The van der Waals surface area contributed by atoms with Crippen LogP contribution in [0.5, 0.6) is 0 Å². The van der Waals surface area contributed by atoms with Gasteiger partial charge in [0, 0.05) is 10.6 Å². The number of halogens is 4. The first-order chi connectivity index (χ1) is 9.33. The minimum absolute atomic E-state index is 0.0608. The number of benzene rings is 1. The molecule has 0 radical (unpaired) electrons. The van der Waals surface area contributed by atoms with E-state index in [0.717, 1.165) is 5.69 Å². The molecule has 0 fully saturated rings. The molecule has 0 amide bonds. The second-order valence-electron chi connectivity index (χ2n) is 4.05. The number of H-pyrrole nitrogens is 1. The number of aryl methyl sites for hydroxylation is 1. The van der Waals surface area contributed by atoms with Crippen molar-refractivity contribution in [1.82, 2.24) is 10.2 Å². The summed E-state index contributed by atoms with van der Waals surface area (Å²) in [5.74, 6) is -0.550. The SMILES string of the molecule is Cc1cc(C(F)=Cc2ccc(SC(F)(F)F)cc2)n[nH]1. The van der Waals surface area contributed by atoms with Gasteiger partial charge in [0.1, 0.15) is 5.69 Å². The van der Waals surface area contributed by atoms with Gasteiger partial charge >= 0.3 is 5.51 Å². The maximum absolute atomic E-state index is 13.8. The van der Waals surface area contributed by atoms with Gasteiger partial charge in [0.05, 0.1) is 0 Å². The molecular formula is C13H10F4N2S. The highest BCUT2D eigenvalue weighted by Crippen LogP contribution is 2.36. The molecule has 2 rings (SSSR count). The van der Waals surface area contributed by atoms with E-state index < -0.39 is 11.3 Å². The van der Waals surface area contributed by atoms with Crippen molar-refractivity contribution in [3.8, 4) is 0 Å². The second kappa shape index (κ2) is 5.70. The Balaban J connectivity index is 2.14. The van der Waals surface area contributed by atoms with Gasteiger partial charge < -0.3 is 0 Å². The lowest BCUT2D eigenvalue weighted by Crippen LogP contribution is -1.98. The molecule has 1 N–H and O–H groups in total. The van der Waals surface area contributed by atoms with Crippen molar-refractivity contribution >= 4 is 23.7 Å². The first kappa shape index (κ1) is 14.6. The zero-order valence-corrected chi connectivity index (χ0v) is 11.1. The van der Waals surface area contributed by atoms with Crippen molar-refractivity contribution in [3.05, 3.63) is 47.3 Å². The third kappa shape index (κ3) is 4.12. The van der Waals surface area contributed by atoms with E-state index in [1.54, 1.807) is 13.0 Å². The fraction of sp³-hybridized carbons (Fsp3) is 0.154. The van der Waals surface area contributed by atoms with Gasteiger partial charge in [-0.1, -0.05) is 12.1 Å². The maximum atomic E-state index is 13.8. The molecule has 0 aliphatic heterocycles.